The number of aliphatic imine (C=N–C) groups is 2. The van der Waals surface area contributed by atoms with Crippen LogP contribution >= 0.6 is 11.6 Å². The number of nitrogen functional groups attached to an aromatic ring is 1. The summed E-state index contributed by atoms with van der Waals surface area (Å²) in [4.78, 5) is 49.3. The summed E-state index contributed by atoms with van der Waals surface area (Å²) in [6.45, 7) is 9.12. The average Bonchev–Trinajstić information content (AvgIpc) is 4.11. The SMILES string of the molecule is C[C@H]1[C@H](F)[C@H](n2cnc3c(N)ncnc32)O[C@@H]1C.C[C@H]1[C@H](F)[C@H](n2cnc3c(N=CN(C)C)ncnc32)O[C@@H]1C.C[C@H]1[C@H](F)[C@H](n2cnc3c(N=CN(C)C)ncnc32)O[C@@H]1Cl. The van der Waals surface area contributed by atoms with Crippen molar-refractivity contribution in [3.63, 3.8) is 0 Å². The van der Waals surface area contributed by atoms with Crippen LogP contribution in [-0.2, 0) is 14.2 Å². The maximum Gasteiger partial charge on any atom is 0.184 e. The van der Waals surface area contributed by atoms with Crippen molar-refractivity contribution in [1.82, 2.24) is 68.4 Å². The number of anilines is 1. The molecule has 0 bridgehead atoms. The zero-order valence-corrected chi connectivity index (χ0v) is 36.3. The minimum atomic E-state index is -1.23. The number of halogens is 4. The van der Waals surface area contributed by atoms with E-state index in [2.05, 4.69) is 54.8 Å². The van der Waals surface area contributed by atoms with Gasteiger partial charge in [-0.15, -0.1) is 0 Å². The molecule has 9 heterocycles. The van der Waals surface area contributed by atoms with Gasteiger partial charge in [-0.2, -0.15) is 0 Å². The average molecular weight is 884 g/mol. The Balaban J connectivity index is 0.000000141. The van der Waals surface area contributed by atoms with Crippen molar-refractivity contribution in [3.05, 3.63) is 38.0 Å². The highest BCUT2D eigenvalue weighted by atomic mass is 35.5. The fourth-order valence-electron chi connectivity index (χ4n) is 6.91. The van der Waals surface area contributed by atoms with E-state index in [0.29, 0.717) is 45.1 Å². The predicted molar refractivity (Wildman–Crippen MR) is 225 cm³/mol. The highest BCUT2D eigenvalue weighted by Gasteiger charge is 2.44. The van der Waals surface area contributed by atoms with Crippen LogP contribution in [0.2, 0.25) is 0 Å². The number of nitrogens with two attached hydrogens (primary N) is 1. The van der Waals surface area contributed by atoms with E-state index >= 15 is 0 Å². The van der Waals surface area contributed by atoms with Gasteiger partial charge in [0, 0.05) is 45.9 Å². The van der Waals surface area contributed by atoms with Crippen LogP contribution in [0, 0.1) is 17.8 Å². The van der Waals surface area contributed by atoms with Gasteiger partial charge >= 0.3 is 0 Å². The van der Waals surface area contributed by atoms with Crippen LogP contribution in [0.3, 0.4) is 0 Å². The molecule has 12 atom stereocenters. The molecule has 0 unspecified atom stereocenters. The van der Waals surface area contributed by atoms with E-state index in [1.165, 1.54) is 42.5 Å². The molecule has 6 aromatic rings. The number of rotatable bonds is 7. The van der Waals surface area contributed by atoms with Gasteiger partial charge in [0.05, 0.1) is 43.9 Å². The number of fused-ring (bicyclic) bond motifs is 3. The quantitative estimate of drug-likeness (QED) is 0.121. The highest BCUT2D eigenvalue weighted by molar-refractivity contribution is 6.20. The fraction of sp³-hybridized carbons (Fsp3) is 0.553. The largest absolute Gasteiger partial charge is 0.382 e. The third-order valence-electron chi connectivity index (χ3n) is 10.9. The Bertz CT molecular complexity index is 2420. The van der Waals surface area contributed by atoms with E-state index in [4.69, 9.17) is 31.5 Å². The van der Waals surface area contributed by atoms with Crippen LogP contribution in [0.1, 0.15) is 53.3 Å². The molecule has 0 aromatic carbocycles. The lowest BCUT2D eigenvalue weighted by Crippen LogP contribution is -2.19. The second kappa shape index (κ2) is 18.4. The Morgan fingerprint density at radius 2 is 0.935 bits per heavy atom. The molecule has 24 heteroatoms. The van der Waals surface area contributed by atoms with Crippen LogP contribution in [0.5, 0.6) is 0 Å². The summed E-state index contributed by atoms with van der Waals surface area (Å²) in [6.07, 6.45) is 5.90. The van der Waals surface area contributed by atoms with Gasteiger partial charge in [-0.3, -0.25) is 13.7 Å². The highest BCUT2D eigenvalue weighted by Crippen LogP contribution is 2.40. The molecule has 0 radical (unpaired) electrons. The van der Waals surface area contributed by atoms with E-state index in [0.717, 1.165) is 0 Å². The topological polar surface area (TPSA) is 216 Å². The molecule has 2 N–H and O–H groups in total. The van der Waals surface area contributed by atoms with Crippen molar-refractivity contribution in [2.45, 2.75) is 89.6 Å². The lowest BCUT2D eigenvalue weighted by atomic mass is 10.0. The molecule has 332 valence electrons. The second-order valence-electron chi connectivity index (χ2n) is 15.8. The van der Waals surface area contributed by atoms with Gasteiger partial charge in [0.25, 0.3) is 0 Å². The third kappa shape index (κ3) is 8.70. The summed E-state index contributed by atoms with van der Waals surface area (Å²) in [5.74, 6) is 0.417. The second-order valence-corrected chi connectivity index (χ2v) is 16.2. The first-order valence-electron chi connectivity index (χ1n) is 19.8. The first-order chi connectivity index (χ1) is 29.6. The van der Waals surface area contributed by atoms with Gasteiger partial charge in [0.1, 0.15) is 30.1 Å². The first-order valence-corrected chi connectivity index (χ1v) is 20.2. The van der Waals surface area contributed by atoms with Gasteiger partial charge in [0.15, 0.2) is 82.6 Å². The van der Waals surface area contributed by atoms with Crippen LogP contribution < -0.4 is 5.73 Å². The minimum Gasteiger partial charge on any atom is -0.382 e. The molecule has 0 spiro atoms. The molecule has 0 saturated carbocycles. The molecule has 3 fully saturated rings. The number of hydrogen-bond acceptors (Lipinski definition) is 15. The lowest BCUT2D eigenvalue weighted by molar-refractivity contribution is -0.0103. The smallest absolute Gasteiger partial charge is 0.184 e. The van der Waals surface area contributed by atoms with Crippen LogP contribution in [0.15, 0.2) is 47.9 Å². The van der Waals surface area contributed by atoms with Crippen molar-refractivity contribution in [2.24, 2.45) is 27.7 Å². The zero-order valence-electron chi connectivity index (χ0n) is 35.5. The summed E-state index contributed by atoms with van der Waals surface area (Å²) in [6, 6.07) is 0. The molecule has 20 nitrogen and oxygen atoms in total. The Kier molecular flexibility index (Phi) is 13.2. The van der Waals surface area contributed by atoms with Gasteiger partial charge in [-0.1, -0.05) is 32.4 Å². The number of imidazole rings is 3. The van der Waals surface area contributed by atoms with Gasteiger partial charge in [-0.05, 0) is 13.8 Å². The van der Waals surface area contributed by atoms with E-state index in [1.807, 2.05) is 55.9 Å². The van der Waals surface area contributed by atoms with E-state index < -0.39 is 48.7 Å². The summed E-state index contributed by atoms with van der Waals surface area (Å²) in [5, 5.41) is 0. The molecular weight excluding hydrogens is 835 g/mol. The molecule has 0 amide bonds. The Morgan fingerprint density at radius 1 is 0.565 bits per heavy atom. The summed E-state index contributed by atoms with van der Waals surface area (Å²) in [7, 11) is 7.43. The molecule has 3 aliphatic heterocycles. The summed E-state index contributed by atoms with van der Waals surface area (Å²) < 4.78 is 64.5. The number of hydrogen-bond donors (Lipinski definition) is 1. The third-order valence-corrected chi connectivity index (χ3v) is 11.4. The number of alkyl halides is 4. The van der Waals surface area contributed by atoms with Crippen molar-refractivity contribution in [3.8, 4) is 0 Å². The van der Waals surface area contributed by atoms with Crippen LogP contribution in [0.4, 0.5) is 30.6 Å². The maximum atomic E-state index is 14.4. The Labute approximate surface area is 359 Å². The van der Waals surface area contributed by atoms with Crippen LogP contribution in [-0.4, -0.2) is 146 Å². The van der Waals surface area contributed by atoms with Gasteiger partial charge in [-0.25, -0.2) is 68.0 Å². The van der Waals surface area contributed by atoms with Crippen molar-refractivity contribution >= 4 is 75.2 Å². The molecular formula is C38H49ClF3N17O3. The normalized spacial score (nSPS) is 29.8. The summed E-state index contributed by atoms with van der Waals surface area (Å²) >= 11 is 5.98. The minimum absolute atomic E-state index is 0.137. The van der Waals surface area contributed by atoms with Crippen molar-refractivity contribution in [1.29, 1.82) is 0 Å². The Morgan fingerprint density at radius 3 is 1.31 bits per heavy atom. The Hall–Kier alpha value is -5.65. The van der Waals surface area contributed by atoms with Gasteiger partial charge < -0.3 is 29.7 Å². The van der Waals surface area contributed by atoms with Gasteiger partial charge in [0.2, 0.25) is 0 Å². The summed E-state index contributed by atoms with van der Waals surface area (Å²) in [5.41, 5.74) is 8.00. The lowest BCUT2D eigenvalue weighted by Gasteiger charge is -2.15. The first kappa shape index (κ1) is 44.4. The van der Waals surface area contributed by atoms with E-state index in [1.54, 1.807) is 38.5 Å². The zero-order chi connectivity index (χ0) is 44.6. The fourth-order valence-corrected chi connectivity index (χ4v) is 7.15. The van der Waals surface area contributed by atoms with E-state index in [-0.39, 0.29) is 29.9 Å². The van der Waals surface area contributed by atoms with Crippen molar-refractivity contribution < 1.29 is 27.4 Å². The molecule has 9 rings (SSSR count). The maximum absolute atomic E-state index is 14.4. The molecule has 3 aliphatic rings. The molecule has 3 saturated heterocycles. The molecule has 62 heavy (non-hydrogen) atoms. The number of ether oxygens (including phenoxy) is 3. The van der Waals surface area contributed by atoms with E-state index in [9.17, 15) is 13.2 Å². The predicted octanol–water partition coefficient (Wildman–Crippen LogP) is 5.35. The molecule has 0 aliphatic carbocycles. The van der Waals surface area contributed by atoms with Crippen molar-refractivity contribution in [2.75, 3.05) is 33.9 Å². The number of aromatic nitrogens is 12. The molecule has 6 aromatic heterocycles. The monoisotopic (exact) mass is 883 g/mol. The van der Waals surface area contributed by atoms with Crippen LogP contribution in [0.25, 0.3) is 33.5 Å². The number of nitrogens with zero attached hydrogens (tertiary/aromatic N) is 16. The standard InChI is InChI=1S/C14H19FN6O.C13H16ClFN6O.C11H14FN5O/c1-8-9(2)22-14(10(8)15)21-7-18-11-12(19-6-20(3)4)16-5-17-13(11)21;1-7-8(15)13(22-10(7)14)21-6-18-9-11(19-5-20(2)3)16-4-17-12(9)21;1-5-6(2)18-11(7(5)12)17-4-16-8-9(13)14-3-15-10(8)17/h5-10,14H,1-4H3;4-8,10,13H,1-3H3;3-7,11H,1-2H3,(H2,13,14,15)/t8-,9-,10+,14-;7-,8-,10-,13+;5-,6-,7+,11-/m101/s1.